The van der Waals surface area contributed by atoms with Crippen molar-refractivity contribution in [3.05, 3.63) is 75.6 Å². The summed E-state index contributed by atoms with van der Waals surface area (Å²) < 4.78 is 5.37. The minimum absolute atomic E-state index is 0.313. The molecule has 2 heterocycles. The predicted octanol–water partition coefficient (Wildman–Crippen LogP) is 4.69. The molecule has 1 aromatic heterocycles. The van der Waals surface area contributed by atoms with E-state index in [4.69, 9.17) is 4.42 Å². The lowest BCUT2D eigenvalue weighted by molar-refractivity contribution is 0.561. The van der Waals surface area contributed by atoms with Crippen molar-refractivity contribution in [2.75, 3.05) is 11.4 Å². The Morgan fingerprint density at radius 3 is 2.75 bits per heavy atom. The molecule has 0 unspecified atom stereocenters. The van der Waals surface area contributed by atoms with Gasteiger partial charge in [0.15, 0.2) is 0 Å². The van der Waals surface area contributed by atoms with Crippen LogP contribution in [0.2, 0.25) is 0 Å². The van der Waals surface area contributed by atoms with Gasteiger partial charge in [-0.25, -0.2) is 4.79 Å². The van der Waals surface area contributed by atoms with Crippen LogP contribution in [0.15, 0.2) is 57.7 Å². The Morgan fingerprint density at radius 2 is 1.92 bits per heavy atom. The van der Waals surface area contributed by atoms with E-state index in [0.717, 1.165) is 24.0 Å². The molecule has 0 bridgehead atoms. The van der Waals surface area contributed by atoms with Crippen molar-refractivity contribution in [1.82, 2.24) is 0 Å². The highest BCUT2D eigenvalue weighted by atomic mass is 16.4. The van der Waals surface area contributed by atoms with E-state index < -0.39 is 0 Å². The van der Waals surface area contributed by atoms with E-state index in [1.165, 1.54) is 28.5 Å². The average molecular weight is 317 g/mol. The second-order valence-corrected chi connectivity index (χ2v) is 6.16. The van der Waals surface area contributed by atoms with Crippen molar-refractivity contribution in [3.8, 4) is 0 Å². The predicted molar refractivity (Wildman–Crippen MR) is 99.2 cm³/mol. The van der Waals surface area contributed by atoms with E-state index in [9.17, 15) is 4.79 Å². The largest absolute Gasteiger partial charge is 0.423 e. The molecule has 0 radical (unpaired) electrons. The first-order chi connectivity index (χ1) is 11.7. The molecule has 4 rings (SSSR count). The molecule has 1 aliphatic heterocycles. The molecule has 0 fully saturated rings. The lowest BCUT2D eigenvalue weighted by atomic mass is 9.94. The highest BCUT2D eigenvalue weighted by Crippen LogP contribution is 2.36. The van der Waals surface area contributed by atoms with Crippen LogP contribution < -0.4 is 10.5 Å². The zero-order chi connectivity index (χ0) is 16.7. The summed E-state index contributed by atoms with van der Waals surface area (Å²) in [4.78, 5) is 13.9. The standard InChI is InChI=1S/C21H19NO2/c1-3-22-13-15-6-4-5-7-16(15)14(2)12-18-17-8-11-21(23)24-20(17)10-9-19(18)22/h4-12H,3,13H2,1-2H3/b14-12-. The third kappa shape index (κ3) is 2.33. The lowest BCUT2D eigenvalue weighted by Gasteiger charge is -2.29. The van der Waals surface area contributed by atoms with Crippen LogP contribution in [0.25, 0.3) is 22.6 Å². The Labute approximate surface area is 140 Å². The van der Waals surface area contributed by atoms with E-state index in [0.29, 0.717) is 5.58 Å². The van der Waals surface area contributed by atoms with Crippen LogP contribution >= 0.6 is 0 Å². The van der Waals surface area contributed by atoms with Gasteiger partial charge in [-0.05, 0) is 54.8 Å². The van der Waals surface area contributed by atoms with E-state index >= 15 is 0 Å². The lowest BCUT2D eigenvalue weighted by Crippen LogP contribution is -2.24. The maximum atomic E-state index is 11.5. The number of hydrogen-bond donors (Lipinski definition) is 0. The van der Waals surface area contributed by atoms with Crippen molar-refractivity contribution >= 4 is 28.3 Å². The molecule has 0 saturated heterocycles. The van der Waals surface area contributed by atoms with Gasteiger partial charge in [0, 0.05) is 35.8 Å². The maximum Gasteiger partial charge on any atom is 0.336 e. The van der Waals surface area contributed by atoms with Gasteiger partial charge in [0.1, 0.15) is 5.58 Å². The molecule has 3 heteroatoms. The third-order valence-electron chi connectivity index (χ3n) is 4.71. The zero-order valence-electron chi connectivity index (χ0n) is 13.9. The van der Waals surface area contributed by atoms with E-state index in [-0.39, 0.29) is 5.63 Å². The highest BCUT2D eigenvalue weighted by Gasteiger charge is 2.18. The molecule has 24 heavy (non-hydrogen) atoms. The normalized spacial score (nSPS) is 15.9. The van der Waals surface area contributed by atoms with Gasteiger partial charge in [-0.1, -0.05) is 24.3 Å². The summed E-state index contributed by atoms with van der Waals surface area (Å²) in [6, 6.07) is 15.9. The first-order valence-corrected chi connectivity index (χ1v) is 8.26. The van der Waals surface area contributed by atoms with E-state index in [1.54, 1.807) is 0 Å². The summed E-state index contributed by atoms with van der Waals surface area (Å²) in [7, 11) is 0. The fourth-order valence-corrected chi connectivity index (χ4v) is 3.50. The van der Waals surface area contributed by atoms with Crippen molar-refractivity contribution < 1.29 is 4.42 Å². The van der Waals surface area contributed by atoms with Crippen LogP contribution in [0.3, 0.4) is 0 Å². The molecule has 0 spiro atoms. The SMILES string of the molecule is CCN1Cc2ccccc2/C(C)=C\c2c1ccc1oc(=O)ccc21. The summed E-state index contributed by atoms with van der Waals surface area (Å²) in [5.41, 5.74) is 6.44. The Morgan fingerprint density at radius 1 is 1.08 bits per heavy atom. The quantitative estimate of drug-likeness (QED) is 0.610. The highest BCUT2D eigenvalue weighted by molar-refractivity contribution is 5.98. The van der Waals surface area contributed by atoms with E-state index in [2.05, 4.69) is 55.2 Å². The number of benzene rings is 2. The summed E-state index contributed by atoms with van der Waals surface area (Å²) >= 11 is 0. The molecule has 0 amide bonds. The second kappa shape index (κ2) is 5.68. The Kier molecular flexibility index (Phi) is 3.49. The molecule has 1 aliphatic rings. The smallest absolute Gasteiger partial charge is 0.336 e. The fourth-order valence-electron chi connectivity index (χ4n) is 3.50. The summed E-state index contributed by atoms with van der Waals surface area (Å²) in [6.45, 7) is 6.09. The van der Waals surface area contributed by atoms with Crippen molar-refractivity contribution in [2.45, 2.75) is 20.4 Å². The van der Waals surface area contributed by atoms with Crippen LogP contribution in [-0.2, 0) is 6.54 Å². The third-order valence-corrected chi connectivity index (χ3v) is 4.71. The Balaban J connectivity index is 2.06. The molecule has 0 atom stereocenters. The number of hydrogen-bond acceptors (Lipinski definition) is 3. The van der Waals surface area contributed by atoms with Gasteiger partial charge >= 0.3 is 5.63 Å². The summed E-state index contributed by atoms with van der Waals surface area (Å²) in [5.74, 6) is 0. The molecular weight excluding hydrogens is 298 g/mol. The van der Waals surface area contributed by atoms with Gasteiger partial charge in [-0.2, -0.15) is 0 Å². The maximum absolute atomic E-state index is 11.5. The number of allylic oxidation sites excluding steroid dienone is 1. The van der Waals surface area contributed by atoms with Gasteiger partial charge in [0.2, 0.25) is 0 Å². The minimum Gasteiger partial charge on any atom is -0.423 e. The molecule has 0 aliphatic carbocycles. The van der Waals surface area contributed by atoms with Gasteiger partial charge in [-0.15, -0.1) is 0 Å². The van der Waals surface area contributed by atoms with Gasteiger partial charge in [0.25, 0.3) is 0 Å². The van der Waals surface area contributed by atoms with Crippen molar-refractivity contribution in [1.29, 1.82) is 0 Å². The number of anilines is 1. The van der Waals surface area contributed by atoms with Gasteiger partial charge in [0.05, 0.1) is 0 Å². The Bertz CT molecular complexity index is 1010. The molecule has 3 nitrogen and oxygen atoms in total. The van der Waals surface area contributed by atoms with Crippen LogP contribution in [-0.4, -0.2) is 6.54 Å². The Hall–Kier alpha value is -2.81. The minimum atomic E-state index is -0.313. The van der Waals surface area contributed by atoms with Gasteiger partial charge < -0.3 is 9.32 Å². The average Bonchev–Trinajstić information content (AvgIpc) is 2.59. The van der Waals surface area contributed by atoms with Crippen LogP contribution in [0, 0.1) is 0 Å². The van der Waals surface area contributed by atoms with Gasteiger partial charge in [-0.3, -0.25) is 0 Å². The topological polar surface area (TPSA) is 33.5 Å². The van der Waals surface area contributed by atoms with E-state index in [1.807, 2.05) is 12.1 Å². The zero-order valence-corrected chi connectivity index (χ0v) is 13.9. The number of rotatable bonds is 1. The number of fused-ring (bicyclic) bond motifs is 4. The molecule has 3 aromatic rings. The number of nitrogens with zero attached hydrogens (tertiary/aromatic N) is 1. The fraction of sp³-hybridized carbons (Fsp3) is 0.190. The molecular formula is C21H19NO2. The summed E-state index contributed by atoms with van der Waals surface area (Å²) in [6.07, 6.45) is 2.21. The van der Waals surface area contributed by atoms with Crippen LogP contribution in [0.5, 0.6) is 0 Å². The molecule has 2 aromatic carbocycles. The van der Waals surface area contributed by atoms with Crippen molar-refractivity contribution in [3.63, 3.8) is 0 Å². The summed E-state index contributed by atoms with van der Waals surface area (Å²) in [5, 5.41) is 0.976. The molecule has 0 N–H and O–H groups in total. The molecule has 120 valence electrons. The molecule has 0 saturated carbocycles. The second-order valence-electron chi connectivity index (χ2n) is 6.16. The first-order valence-electron chi connectivity index (χ1n) is 8.26. The van der Waals surface area contributed by atoms with Crippen LogP contribution in [0.1, 0.15) is 30.5 Å². The first kappa shape index (κ1) is 14.8. The van der Waals surface area contributed by atoms with Crippen LogP contribution in [0.4, 0.5) is 5.69 Å². The monoisotopic (exact) mass is 317 g/mol. The van der Waals surface area contributed by atoms with Crippen molar-refractivity contribution in [2.24, 2.45) is 0 Å².